The predicted molar refractivity (Wildman–Crippen MR) is 157 cm³/mol. The molecule has 0 saturated heterocycles. The Morgan fingerprint density at radius 3 is 2.33 bits per heavy atom. The Bertz CT molecular complexity index is 1660. The Kier molecular flexibility index (Phi) is 10.1. The second-order valence-corrected chi connectivity index (χ2v) is 11.8. The van der Waals surface area contributed by atoms with Crippen molar-refractivity contribution in [3.8, 4) is 23.0 Å². The van der Waals surface area contributed by atoms with Crippen LogP contribution in [-0.2, 0) is 14.9 Å². The van der Waals surface area contributed by atoms with Crippen LogP contribution in [0.1, 0.15) is 38.1 Å². The van der Waals surface area contributed by atoms with Crippen LogP contribution in [0, 0.1) is 11.8 Å². The van der Waals surface area contributed by atoms with E-state index >= 15 is 0 Å². The standard InChI is InChI=1S/C28H28N2O3S.CH4O3S/c1-19(2)29(20(3)4)14-8-9-16-33-28(32)24-18-23(21-10-6-5-7-11-21)27(31)30-15-12-22-13-17-34-26(22)25(24)30;1-5(2,3)4/h5-7,10-13,15,17-20H,14,16H2,1-4H3;1H3,(H,2,3,4). The van der Waals surface area contributed by atoms with Crippen LogP contribution in [0.5, 0.6) is 0 Å². The highest BCUT2D eigenvalue weighted by atomic mass is 32.2. The number of carbonyl (C=O) groups excluding carboxylic acids is 1. The van der Waals surface area contributed by atoms with Crippen LogP contribution in [0.25, 0.3) is 26.7 Å². The lowest BCUT2D eigenvalue weighted by atomic mass is 10.0. The minimum absolute atomic E-state index is 0.00472. The molecule has 0 radical (unpaired) electrons. The maximum absolute atomic E-state index is 13.3. The summed E-state index contributed by atoms with van der Waals surface area (Å²) in [6.07, 6.45) is 2.44. The summed E-state index contributed by atoms with van der Waals surface area (Å²) in [5, 5.41) is 2.93. The maximum atomic E-state index is 13.3. The zero-order chi connectivity index (χ0) is 28.7. The van der Waals surface area contributed by atoms with Crippen LogP contribution in [0.15, 0.2) is 64.9 Å². The lowest BCUT2D eigenvalue weighted by Crippen LogP contribution is -2.37. The summed E-state index contributed by atoms with van der Waals surface area (Å²) >= 11 is 1.50. The number of aromatic nitrogens is 1. The molecule has 3 heterocycles. The molecule has 39 heavy (non-hydrogen) atoms. The number of hydrogen-bond donors (Lipinski definition) is 1. The summed E-state index contributed by atoms with van der Waals surface area (Å²) in [5.41, 5.74) is 1.97. The number of rotatable bonds is 6. The Morgan fingerprint density at radius 1 is 1.08 bits per heavy atom. The molecule has 8 nitrogen and oxygen atoms in total. The average molecular weight is 569 g/mol. The van der Waals surface area contributed by atoms with Crippen molar-refractivity contribution in [2.45, 2.75) is 39.8 Å². The van der Waals surface area contributed by atoms with E-state index in [1.807, 2.05) is 47.8 Å². The van der Waals surface area contributed by atoms with Gasteiger partial charge in [0.1, 0.15) is 0 Å². The lowest BCUT2D eigenvalue weighted by molar-refractivity contribution is 0.0558. The zero-order valence-electron chi connectivity index (χ0n) is 22.5. The highest BCUT2D eigenvalue weighted by molar-refractivity contribution is 7.85. The molecular formula is C29H32N2O6S2. The van der Waals surface area contributed by atoms with Gasteiger partial charge in [-0.15, -0.1) is 11.3 Å². The number of benzene rings is 1. The van der Waals surface area contributed by atoms with Crippen molar-refractivity contribution in [2.75, 3.05) is 19.4 Å². The van der Waals surface area contributed by atoms with Crippen molar-refractivity contribution >= 4 is 43.0 Å². The number of hydrogen-bond acceptors (Lipinski definition) is 7. The van der Waals surface area contributed by atoms with Gasteiger partial charge in [-0.2, -0.15) is 8.42 Å². The molecule has 0 unspecified atom stereocenters. The van der Waals surface area contributed by atoms with E-state index in [1.54, 1.807) is 16.7 Å². The van der Waals surface area contributed by atoms with Gasteiger partial charge in [0.25, 0.3) is 15.7 Å². The molecule has 0 amide bonds. The van der Waals surface area contributed by atoms with E-state index in [4.69, 9.17) is 9.29 Å². The van der Waals surface area contributed by atoms with Gasteiger partial charge >= 0.3 is 5.97 Å². The third-order valence-corrected chi connectivity index (χ3v) is 6.78. The SMILES string of the molecule is CC(C)N(CC#CCOC(=O)c1cc(-c2ccccc2)c(=O)n2ccc3ccsc3c12)C(C)C.CS(=O)(=O)O. The van der Waals surface area contributed by atoms with E-state index in [-0.39, 0.29) is 12.2 Å². The van der Waals surface area contributed by atoms with Crippen molar-refractivity contribution in [3.63, 3.8) is 0 Å². The van der Waals surface area contributed by atoms with Gasteiger partial charge in [0.15, 0.2) is 6.61 Å². The molecule has 3 aromatic heterocycles. The summed E-state index contributed by atoms with van der Waals surface area (Å²) in [4.78, 5) is 28.8. The predicted octanol–water partition coefficient (Wildman–Crippen LogP) is 4.96. The number of ether oxygens (including phenoxy) is 1. The van der Waals surface area contributed by atoms with E-state index in [0.29, 0.717) is 41.5 Å². The van der Waals surface area contributed by atoms with Gasteiger partial charge in [-0.3, -0.25) is 18.6 Å². The summed E-state index contributed by atoms with van der Waals surface area (Å²) < 4.78 is 33.8. The Balaban J connectivity index is 0.000000771. The number of thiophene rings is 1. The zero-order valence-corrected chi connectivity index (χ0v) is 24.2. The van der Waals surface area contributed by atoms with Gasteiger partial charge in [0, 0.05) is 23.8 Å². The van der Waals surface area contributed by atoms with E-state index in [9.17, 15) is 18.0 Å². The highest BCUT2D eigenvalue weighted by Gasteiger charge is 2.20. The lowest BCUT2D eigenvalue weighted by Gasteiger charge is -2.28. The molecule has 0 spiro atoms. The molecule has 0 bridgehead atoms. The monoisotopic (exact) mass is 568 g/mol. The molecule has 0 saturated carbocycles. The summed E-state index contributed by atoms with van der Waals surface area (Å²) in [6, 6.07) is 15.7. The van der Waals surface area contributed by atoms with E-state index in [2.05, 4.69) is 44.4 Å². The Labute approximate surface area is 232 Å². The first kappa shape index (κ1) is 30.1. The molecule has 4 rings (SSSR count). The topological polar surface area (TPSA) is 105 Å². The first-order valence-corrected chi connectivity index (χ1v) is 15.0. The van der Waals surface area contributed by atoms with Crippen molar-refractivity contribution in [1.29, 1.82) is 0 Å². The van der Waals surface area contributed by atoms with E-state index < -0.39 is 16.1 Å². The molecule has 206 valence electrons. The van der Waals surface area contributed by atoms with Crippen molar-refractivity contribution in [2.24, 2.45) is 0 Å². The summed E-state index contributed by atoms with van der Waals surface area (Å²) in [6.45, 7) is 9.17. The Hall–Kier alpha value is -3.49. The Morgan fingerprint density at radius 2 is 1.72 bits per heavy atom. The fourth-order valence-corrected chi connectivity index (χ4v) is 5.07. The molecular weight excluding hydrogens is 536 g/mol. The van der Waals surface area contributed by atoms with Crippen molar-refractivity contribution in [3.05, 3.63) is 76.0 Å². The third-order valence-electron chi connectivity index (χ3n) is 5.84. The molecule has 0 atom stereocenters. The first-order valence-electron chi connectivity index (χ1n) is 12.3. The second kappa shape index (κ2) is 13.0. The number of esters is 1. The van der Waals surface area contributed by atoms with Gasteiger partial charge in [-0.1, -0.05) is 42.2 Å². The molecule has 1 aromatic carbocycles. The van der Waals surface area contributed by atoms with Crippen molar-refractivity contribution in [1.82, 2.24) is 9.30 Å². The van der Waals surface area contributed by atoms with Crippen LogP contribution in [0.4, 0.5) is 0 Å². The average Bonchev–Trinajstić information content (AvgIpc) is 3.34. The largest absolute Gasteiger partial charge is 0.449 e. The van der Waals surface area contributed by atoms with E-state index in [0.717, 1.165) is 15.6 Å². The van der Waals surface area contributed by atoms with Gasteiger partial charge in [0.05, 0.1) is 28.6 Å². The van der Waals surface area contributed by atoms with E-state index in [1.165, 1.54) is 11.3 Å². The minimum Gasteiger partial charge on any atom is -0.449 e. The quantitative estimate of drug-likeness (QED) is 0.199. The summed E-state index contributed by atoms with van der Waals surface area (Å²) in [5.74, 6) is 5.58. The molecule has 0 aliphatic rings. The van der Waals surface area contributed by atoms with Crippen LogP contribution >= 0.6 is 11.3 Å². The third kappa shape index (κ3) is 8.00. The molecule has 4 aromatic rings. The number of fused-ring (bicyclic) bond motifs is 3. The smallest absolute Gasteiger partial charge is 0.341 e. The number of carbonyl (C=O) groups is 1. The highest BCUT2D eigenvalue weighted by Crippen LogP contribution is 2.29. The molecule has 0 aliphatic heterocycles. The molecule has 1 N–H and O–H groups in total. The number of nitrogens with zero attached hydrogens (tertiary/aromatic N) is 2. The molecule has 0 aliphatic carbocycles. The fraction of sp³-hybridized carbons (Fsp3) is 0.310. The second-order valence-electron chi connectivity index (χ2n) is 9.40. The normalized spacial score (nSPS) is 11.4. The molecule has 0 fully saturated rings. The van der Waals surface area contributed by atoms with Crippen LogP contribution in [0.2, 0.25) is 0 Å². The van der Waals surface area contributed by atoms with Gasteiger partial charge in [-0.25, -0.2) is 4.79 Å². The van der Waals surface area contributed by atoms with Crippen LogP contribution < -0.4 is 5.56 Å². The number of pyridine rings is 2. The minimum atomic E-state index is -3.67. The fourth-order valence-electron chi connectivity index (χ4n) is 4.13. The molecule has 10 heteroatoms. The van der Waals surface area contributed by atoms with Crippen LogP contribution in [0.3, 0.4) is 0 Å². The van der Waals surface area contributed by atoms with Crippen molar-refractivity contribution < 1.29 is 22.5 Å². The van der Waals surface area contributed by atoms with Crippen LogP contribution in [-0.4, -0.2) is 59.7 Å². The van der Waals surface area contributed by atoms with Gasteiger partial charge in [0.2, 0.25) is 0 Å². The maximum Gasteiger partial charge on any atom is 0.341 e. The van der Waals surface area contributed by atoms with Gasteiger partial charge < -0.3 is 4.74 Å². The van der Waals surface area contributed by atoms with Gasteiger partial charge in [-0.05, 0) is 62.2 Å². The summed E-state index contributed by atoms with van der Waals surface area (Å²) in [7, 11) is -3.67. The first-order chi connectivity index (χ1) is 18.4.